The maximum Gasteiger partial charge on any atom is 0 e. The number of halogens is 2. The summed E-state index contributed by atoms with van der Waals surface area (Å²) >= 11 is 3.29. The van der Waals surface area contributed by atoms with Crippen LogP contribution in [0.2, 0.25) is 0 Å². The van der Waals surface area contributed by atoms with Crippen LogP contribution in [0, 0.1) is 6.07 Å². The van der Waals surface area contributed by atoms with Gasteiger partial charge in [0, 0.05) is 19.5 Å². The third kappa shape index (κ3) is 5.50. The Labute approximate surface area is 93.3 Å². The molecule has 0 heterocycles. The normalized spacial score (nSPS) is 6.78. The van der Waals surface area contributed by atoms with Crippen molar-refractivity contribution < 1.29 is 19.5 Å². The van der Waals surface area contributed by atoms with Gasteiger partial charge in [0.15, 0.2) is 0 Å². The molecule has 0 spiro atoms. The second-order valence-electron chi connectivity index (χ2n) is 1.22. The summed E-state index contributed by atoms with van der Waals surface area (Å²) in [5, 5.41) is 0. The summed E-state index contributed by atoms with van der Waals surface area (Å²) in [6.45, 7) is 0. The van der Waals surface area contributed by atoms with E-state index >= 15 is 0 Å². The molecule has 0 aliphatic carbocycles. The minimum absolute atomic E-state index is 0. The molecule has 0 fully saturated rings. The molecule has 46 valence electrons. The van der Waals surface area contributed by atoms with Gasteiger partial charge in [-0.1, -0.05) is 20.4 Å². The minimum atomic E-state index is 0. The Bertz CT molecular complexity index is 143. The van der Waals surface area contributed by atoms with E-state index in [0.29, 0.717) is 0 Å². The van der Waals surface area contributed by atoms with Gasteiger partial charge in [0.1, 0.15) is 0 Å². The van der Waals surface area contributed by atoms with Gasteiger partial charge in [-0.2, -0.15) is 30.3 Å². The SMILES string of the molecule is Brc1cc[c-]cc1.I.[Zn]. The second-order valence-corrected chi connectivity index (χ2v) is 2.13. The minimum Gasteiger partial charge on any atom is -0.184 e. The van der Waals surface area contributed by atoms with Gasteiger partial charge >= 0.3 is 0 Å². The van der Waals surface area contributed by atoms with Crippen molar-refractivity contribution in [3.63, 3.8) is 0 Å². The average Bonchev–Trinajstić information content (AvgIpc) is 1.69. The Balaban J connectivity index is 0. The Morgan fingerprint density at radius 3 is 1.89 bits per heavy atom. The number of benzene rings is 1. The van der Waals surface area contributed by atoms with Crippen molar-refractivity contribution in [1.82, 2.24) is 0 Å². The molecule has 0 nitrogen and oxygen atoms in total. The van der Waals surface area contributed by atoms with Crippen molar-refractivity contribution in [2.75, 3.05) is 0 Å². The first-order valence-corrected chi connectivity index (χ1v) is 2.80. The zero-order valence-electron chi connectivity index (χ0n) is 4.80. The number of hydrogen-bond donors (Lipinski definition) is 0. The first-order chi connectivity index (χ1) is 3.39. The van der Waals surface area contributed by atoms with Crippen LogP contribution in [0.1, 0.15) is 0 Å². The quantitative estimate of drug-likeness (QED) is 0.384. The maximum atomic E-state index is 3.29. The van der Waals surface area contributed by atoms with Gasteiger partial charge in [-0.3, -0.25) is 0 Å². The Kier molecular flexibility index (Phi) is 10.1. The van der Waals surface area contributed by atoms with Crippen LogP contribution in [0.25, 0.3) is 0 Å². The second kappa shape index (κ2) is 7.16. The van der Waals surface area contributed by atoms with Gasteiger partial charge in [0.05, 0.1) is 0 Å². The van der Waals surface area contributed by atoms with Crippen LogP contribution in [0.15, 0.2) is 28.7 Å². The van der Waals surface area contributed by atoms with Crippen LogP contribution >= 0.6 is 39.9 Å². The molecular weight excluding hydrogens is 344 g/mol. The molecule has 9 heavy (non-hydrogen) atoms. The predicted octanol–water partition coefficient (Wildman–Crippen LogP) is 2.86. The smallest absolute Gasteiger partial charge is 0 e. The molecule has 0 atom stereocenters. The van der Waals surface area contributed by atoms with Crippen LogP contribution in [0.3, 0.4) is 0 Å². The van der Waals surface area contributed by atoms with Crippen molar-refractivity contribution in [1.29, 1.82) is 0 Å². The molecule has 0 saturated heterocycles. The molecule has 0 unspecified atom stereocenters. The van der Waals surface area contributed by atoms with Crippen LogP contribution in [0.4, 0.5) is 0 Å². The summed E-state index contributed by atoms with van der Waals surface area (Å²) in [5.74, 6) is 0. The largest absolute Gasteiger partial charge is 0.184 e. The fourth-order valence-corrected chi connectivity index (χ4v) is 0.631. The average molecular weight is 349 g/mol. The van der Waals surface area contributed by atoms with E-state index in [4.69, 9.17) is 0 Å². The topological polar surface area (TPSA) is 0 Å². The van der Waals surface area contributed by atoms with Crippen molar-refractivity contribution in [3.8, 4) is 0 Å². The molecule has 0 bridgehead atoms. The summed E-state index contributed by atoms with van der Waals surface area (Å²) < 4.78 is 1.10. The summed E-state index contributed by atoms with van der Waals surface area (Å²) in [4.78, 5) is 0. The standard InChI is InChI=1S/C6H4Br.HI.Zn/c7-6-4-2-1-3-5-6;;/h2-5H;1H;/q-1;;. The number of hydrogen-bond acceptors (Lipinski definition) is 0. The summed E-state index contributed by atoms with van der Waals surface area (Å²) in [6.07, 6.45) is 0. The fourth-order valence-electron chi connectivity index (χ4n) is 0.367. The van der Waals surface area contributed by atoms with Crippen LogP contribution in [0.5, 0.6) is 0 Å². The molecule has 0 radical (unpaired) electrons. The van der Waals surface area contributed by atoms with E-state index < -0.39 is 0 Å². The van der Waals surface area contributed by atoms with Gasteiger partial charge in [0.25, 0.3) is 0 Å². The molecule has 1 rings (SSSR count). The van der Waals surface area contributed by atoms with Crippen molar-refractivity contribution in [2.24, 2.45) is 0 Å². The van der Waals surface area contributed by atoms with Gasteiger partial charge in [-0.05, 0) is 0 Å². The summed E-state index contributed by atoms with van der Waals surface area (Å²) in [6, 6.07) is 10.5. The Morgan fingerprint density at radius 2 is 1.67 bits per heavy atom. The van der Waals surface area contributed by atoms with Crippen LogP contribution < -0.4 is 0 Å². The Hall–Kier alpha value is 1.05. The van der Waals surface area contributed by atoms with E-state index in [1.54, 1.807) is 0 Å². The zero-order valence-corrected chi connectivity index (χ0v) is 11.7. The van der Waals surface area contributed by atoms with Crippen molar-refractivity contribution >= 4 is 39.9 Å². The van der Waals surface area contributed by atoms with E-state index in [1.165, 1.54) is 0 Å². The van der Waals surface area contributed by atoms with Crippen LogP contribution in [-0.2, 0) is 19.5 Å². The van der Waals surface area contributed by atoms with E-state index in [-0.39, 0.29) is 43.5 Å². The zero-order chi connectivity index (χ0) is 5.11. The molecular formula is C6H5BrIZn-. The number of rotatable bonds is 0. The fraction of sp³-hybridized carbons (Fsp3) is 0. The molecule has 0 aliphatic rings. The van der Waals surface area contributed by atoms with E-state index in [1.807, 2.05) is 24.3 Å². The van der Waals surface area contributed by atoms with E-state index in [2.05, 4.69) is 22.0 Å². The maximum absolute atomic E-state index is 3.29. The van der Waals surface area contributed by atoms with Gasteiger partial charge in [0.2, 0.25) is 0 Å². The van der Waals surface area contributed by atoms with Gasteiger partial charge in [-0.15, -0.1) is 24.0 Å². The van der Waals surface area contributed by atoms with Crippen LogP contribution in [-0.4, -0.2) is 0 Å². The molecule has 0 amide bonds. The van der Waals surface area contributed by atoms with Gasteiger partial charge < -0.3 is 0 Å². The van der Waals surface area contributed by atoms with Crippen molar-refractivity contribution in [3.05, 3.63) is 34.8 Å². The van der Waals surface area contributed by atoms with E-state index in [0.717, 1.165) is 4.47 Å². The van der Waals surface area contributed by atoms with Crippen molar-refractivity contribution in [2.45, 2.75) is 0 Å². The monoisotopic (exact) mass is 347 g/mol. The van der Waals surface area contributed by atoms with Gasteiger partial charge in [-0.25, -0.2) is 0 Å². The molecule has 0 N–H and O–H groups in total. The molecule has 0 aromatic heterocycles. The molecule has 0 aliphatic heterocycles. The summed E-state index contributed by atoms with van der Waals surface area (Å²) in [5.41, 5.74) is 0. The first-order valence-electron chi connectivity index (χ1n) is 2.01. The first kappa shape index (κ1) is 12.7. The van der Waals surface area contributed by atoms with E-state index in [9.17, 15) is 0 Å². The Morgan fingerprint density at radius 1 is 1.22 bits per heavy atom. The third-order valence-corrected chi connectivity index (χ3v) is 1.21. The molecule has 3 heteroatoms. The third-order valence-electron chi connectivity index (χ3n) is 0.678. The predicted molar refractivity (Wildman–Crippen MR) is 48.4 cm³/mol. The molecule has 1 aromatic rings. The summed E-state index contributed by atoms with van der Waals surface area (Å²) in [7, 11) is 0. The molecule has 1 aromatic carbocycles. The molecule has 0 saturated carbocycles.